The Hall–Kier alpha value is -2.44. The lowest BCUT2D eigenvalue weighted by Gasteiger charge is -2.11. The summed E-state index contributed by atoms with van der Waals surface area (Å²) in [4.78, 5) is 29.1. The summed E-state index contributed by atoms with van der Waals surface area (Å²) in [5, 5.41) is 10.6. The summed E-state index contributed by atoms with van der Waals surface area (Å²) in [5.74, 6) is -0.0336. The third kappa shape index (κ3) is 3.25. The van der Waals surface area contributed by atoms with Crippen molar-refractivity contribution < 1.29 is 9.59 Å². The molecule has 3 rings (SSSR count). The molecule has 0 radical (unpaired) electrons. The van der Waals surface area contributed by atoms with E-state index < -0.39 is 0 Å². The van der Waals surface area contributed by atoms with Crippen LogP contribution in [-0.4, -0.2) is 39.2 Å². The average molecular weight is 329 g/mol. The number of pyridine rings is 1. The van der Waals surface area contributed by atoms with Crippen LogP contribution in [0.2, 0.25) is 0 Å². The largest absolute Gasteiger partial charge is 0.352 e. The van der Waals surface area contributed by atoms with Gasteiger partial charge in [0.25, 0.3) is 5.91 Å². The fraction of sp³-hybridized carbons (Fsp3) is 0.529. The maximum atomic E-state index is 12.6. The van der Waals surface area contributed by atoms with Crippen LogP contribution in [0.15, 0.2) is 6.07 Å². The fourth-order valence-electron chi connectivity index (χ4n) is 2.86. The lowest BCUT2D eigenvalue weighted by molar-refractivity contribution is -0.120. The maximum Gasteiger partial charge on any atom is 0.252 e. The van der Waals surface area contributed by atoms with Crippen molar-refractivity contribution in [1.29, 1.82) is 0 Å². The minimum atomic E-state index is -0.265. The van der Waals surface area contributed by atoms with Crippen LogP contribution in [0.25, 0.3) is 11.0 Å². The summed E-state index contributed by atoms with van der Waals surface area (Å²) in [6, 6.07) is 1.90. The number of fused-ring (bicyclic) bond motifs is 1. The van der Waals surface area contributed by atoms with Gasteiger partial charge in [-0.1, -0.05) is 0 Å². The zero-order chi connectivity index (χ0) is 17.4. The van der Waals surface area contributed by atoms with Gasteiger partial charge in [0.1, 0.15) is 0 Å². The highest BCUT2D eigenvalue weighted by molar-refractivity contribution is 6.07. The van der Waals surface area contributed by atoms with Crippen LogP contribution >= 0.6 is 0 Å². The lowest BCUT2D eigenvalue weighted by atomic mass is 10.1. The van der Waals surface area contributed by atoms with Crippen LogP contribution in [0, 0.1) is 6.92 Å². The Bertz CT molecular complexity index is 805. The molecular weight excluding hydrogens is 306 g/mol. The Kier molecular flexibility index (Phi) is 4.26. The highest BCUT2D eigenvalue weighted by Gasteiger charge is 2.28. The third-order valence-electron chi connectivity index (χ3n) is 4.09. The van der Waals surface area contributed by atoms with Crippen LogP contribution in [0.1, 0.15) is 54.4 Å². The molecule has 0 unspecified atom stereocenters. The second-order valence-electron chi connectivity index (χ2n) is 6.68. The smallest absolute Gasteiger partial charge is 0.252 e. The second-order valence-corrected chi connectivity index (χ2v) is 6.68. The van der Waals surface area contributed by atoms with E-state index in [1.165, 1.54) is 0 Å². The summed E-state index contributed by atoms with van der Waals surface area (Å²) < 4.78 is 1.71. The summed E-state index contributed by atoms with van der Waals surface area (Å²) in [6.07, 6.45) is 2.21. The Labute approximate surface area is 140 Å². The van der Waals surface area contributed by atoms with Crippen LogP contribution in [0.4, 0.5) is 0 Å². The molecule has 0 spiro atoms. The highest BCUT2D eigenvalue weighted by Crippen LogP contribution is 2.40. The third-order valence-corrected chi connectivity index (χ3v) is 4.09. The molecule has 2 heterocycles. The second kappa shape index (κ2) is 6.22. The number of amides is 2. The van der Waals surface area contributed by atoms with E-state index in [4.69, 9.17) is 0 Å². The minimum absolute atomic E-state index is 0.0428. The van der Waals surface area contributed by atoms with E-state index >= 15 is 0 Å². The number of aromatic nitrogens is 3. The topological polar surface area (TPSA) is 88.9 Å². The van der Waals surface area contributed by atoms with Gasteiger partial charge in [0, 0.05) is 24.7 Å². The maximum absolute atomic E-state index is 12.6. The molecule has 2 aromatic rings. The number of nitrogens with one attached hydrogen (secondary N) is 2. The first-order valence-corrected chi connectivity index (χ1v) is 8.28. The molecule has 1 fully saturated rings. The number of nitrogens with zero attached hydrogens (tertiary/aromatic N) is 3. The van der Waals surface area contributed by atoms with Gasteiger partial charge < -0.3 is 10.6 Å². The van der Waals surface area contributed by atoms with E-state index in [9.17, 15) is 9.59 Å². The number of hydrogen-bond acceptors (Lipinski definition) is 4. The molecule has 0 aliphatic heterocycles. The molecule has 0 aromatic carbocycles. The van der Waals surface area contributed by atoms with Gasteiger partial charge in [0.05, 0.1) is 23.2 Å². The average Bonchev–Trinajstić information content (AvgIpc) is 3.31. The summed E-state index contributed by atoms with van der Waals surface area (Å²) in [6.45, 7) is 5.59. The van der Waals surface area contributed by atoms with E-state index in [1.54, 1.807) is 4.68 Å². The van der Waals surface area contributed by atoms with Gasteiger partial charge >= 0.3 is 0 Å². The molecule has 1 aliphatic rings. The Morgan fingerprint density at radius 1 is 1.38 bits per heavy atom. The minimum Gasteiger partial charge on any atom is -0.352 e. The molecule has 0 saturated heterocycles. The lowest BCUT2D eigenvalue weighted by Crippen LogP contribution is -2.39. The van der Waals surface area contributed by atoms with Gasteiger partial charge in [-0.15, -0.1) is 0 Å². The van der Waals surface area contributed by atoms with E-state index in [0.717, 1.165) is 29.6 Å². The number of aryl methyl sites for hydroxylation is 2. The highest BCUT2D eigenvalue weighted by atomic mass is 16.2. The number of carbonyl (C=O) groups is 2. The summed E-state index contributed by atoms with van der Waals surface area (Å²) in [7, 11) is 1.83. The van der Waals surface area contributed by atoms with Crippen molar-refractivity contribution in [2.45, 2.75) is 45.6 Å². The molecule has 7 nitrogen and oxygen atoms in total. The van der Waals surface area contributed by atoms with E-state index in [0.29, 0.717) is 17.1 Å². The molecule has 0 bridgehead atoms. The van der Waals surface area contributed by atoms with E-state index in [1.807, 2.05) is 33.9 Å². The van der Waals surface area contributed by atoms with E-state index in [-0.39, 0.29) is 24.4 Å². The molecule has 0 atom stereocenters. The van der Waals surface area contributed by atoms with Crippen LogP contribution < -0.4 is 10.6 Å². The standard InChI is InChI=1S/C17H23N5O2/c1-9(2)19-14(23)8-18-17(24)12-7-13(11-5-6-11)20-16-15(12)10(3)21-22(16)4/h7,9,11H,5-6,8H2,1-4H3,(H,18,24)(H,19,23). The molecule has 2 aromatic heterocycles. The van der Waals surface area contributed by atoms with Crippen LogP contribution in [0.3, 0.4) is 0 Å². The quantitative estimate of drug-likeness (QED) is 0.868. The van der Waals surface area contributed by atoms with Crippen molar-refractivity contribution in [1.82, 2.24) is 25.4 Å². The van der Waals surface area contributed by atoms with Crippen molar-refractivity contribution >= 4 is 22.8 Å². The predicted octanol–water partition coefficient (Wildman–Crippen LogP) is 1.41. The van der Waals surface area contributed by atoms with Crippen molar-refractivity contribution in [3.63, 3.8) is 0 Å². The van der Waals surface area contributed by atoms with Gasteiger partial charge in [-0.05, 0) is 39.7 Å². The molecule has 1 saturated carbocycles. The molecular formula is C17H23N5O2. The Balaban J connectivity index is 1.89. The first kappa shape index (κ1) is 16.4. The molecule has 1 aliphatic carbocycles. The summed E-state index contributed by atoms with van der Waals surface area (Å²) >= 11 is 0. The molecule has 128 valence electrons. The summed E-state index contributed by atoms with van der Waals surface area (Å²) in [5.41, 5.74) is 2.96. The normalized spacial score (nSPS) is 14.2. The van der Waals surface area contributed by atoms with Gasteiger partial charge in [0.2, 0.25) is 5.91 Å². The Morgan fingerprint density at radius 2 is 2.08 bits per heavy atom. The molecule has 24 heavy (non-hydrogen) atoms. The van der Waals surface area contributed by atoms with Crippen molar-refractivity contribution in [2.75, 3.05) is 6.54 Å². The zero-order valence-corrected chi connectivity index (χ0v) is 14.5. The SMILES string of the molecule is Cc1nn(C)c2nc(C3CC3)cc(C(=O)NCC(=O)NC(C)C)c12. The molecule has 2 N–H and O–H groups in total. The number of hydrogen-bond donors (Lipinski definition) is 2. The molecule has 2 amide bonds. The van der Waals surface area contributed by atoms with Crippen LogP contribution in [-0.2, 0) is 11.8 Å². The zero-order valence-electron chi connectivity index (χ0n) is 14.5. The number of carbonyl (C=O) groups excluding carboxylic acids is 2. The fourth-order valence-corrected chi connectivity index (χ4v) is 2.86. The van der Waals surface area contributed by atoms with Crippen LogP contribution in [0.5, 0.6) is 0 Å². The van der Waals surface area contributed by atoms with E-state index in [2.05, 4.69) is 20.7 Å². The molecule has 7 heteroatoms. The Morgan fingerprint density at radius 3 is 2.71 bits per heavy atom. The van der Waals surface area contributed by atoms with Crippen molar-refractivity contribution in [3.05, 3.63) is 23.0 Å². The van der Waals surface area contributed by atoms with Crippen molar-refractivity contribution in [3.8, 4) is 0 Å². The van der Waals surface area contributed by atoms with Crippen molar-refractivity contribution in [2.24, 2.45) is 7.05 Å². The van der Waals surface area contributed by atoms with Gasteiger partial charge in [0.15, 0.2) is 5.65 Å². The van der Waals surface area contributed by atoms with Gasteiger partial charge in [-0.25, -0.2) is 4.98 Å². The first-order valence-electron chi connectivity index (χ1n) is 8.28. The van der Waals surface area contributed by atoms with Gasteiger partial charge in [-0.3, -0.25) is 14.3 Å². The van der Waals surface area contributed by atoms with Gasteiger partial charge in [-0.2, -0.15) is 5.10 Å². The predicted molar refractivity (Wildman–Crippen MR) is 90.8 cm³/mol. The monoisotopic (exact) mass is 329 g/mol. The number of rotatable bonds is 5. The first-order chi connectivity index (χ1) is 11.4.